The quantitative estimate of drug-likeness (QED) is 0.133. The lowest BCUT2D eigenvalue weighted by molar-refractivity contribution is 1.30. The van der Waals surface area contributed by atoms with Crippen LogP contribution in [0.2, 0.25) is 0 Å². The van der Waals surface area contributed by atoms with Gasteiger partial charge in [0.05, 0.1) is 34.5 Å². The van der Waals surface area contributed by atoms with E-state index in [1.807, 2.05) is 0 Å². The van der Waals surface area contributed by atoms with E-state index in [1.165, 1.54) is 33.3 Å². The van der Waals surface area contributed by atoms with Gasteiger partial charge >= 0.3 is 0 Å². The summed E-state index contributed by atoms with van der Waals surface area (Å²) in [5.74, 6) is 0. The van der Waals surface area contributed by atoms with Crippen molar-refractivity contribution in [3.63, 3.8) is 0 Å². The normalized spacial score (nSPS) is 11.4. The van der Waals surface area contributed by atoms with Crippen LogP contribution >= 0.6 is 34.4 Å². The Hall–Kier alpha value is -8.08. The molecule has 4 N–H and O–H groups in total. The van der Waals surface area contributed by atoms with Crippen molar-refractivity contribution in [3.8, 4) is 41.8 Å². The smallest absolute Gasteiger partial charge is 0.116 e. The second-order valence-electron chi connectivity index (χ2n) is 16.3. The van der Waals surface area contributed by atoms with Crippen molar-refractivity contribution in [3.05, 3.63) is 218 Å². The highest BCUT2D eigenvalue weighted by Crippen LogP contribution is 2.50. The zero-order valence-electron chi connectivity index (χ0n) is 36.0. The highest BCUT2D eigenvalue weighted by molar-refractivity contribution is 7.19. The van der Waals surface area contributed by atoms with Gasteiger partial charge in [-0.1, -0.05) is 133 Å². The Kier molecular flexibility index (Phi) is 10.3. The molecule has 0 radical (unpaired) electrons. The van der Waals surface area contributed by atoms with Gasteiger partial charge in [-0.25, -0.2) is 0 Å². The van der Waals surface area contributed by atoms with Crippen LogP contribution in [0.1, 0.15) is 0 Å². The molecule has 0 amide bonds. The molecule has 3 heterocycles. The summed E-state index contributed by atoms with van der Waals surface area (Å²) in [4.78, 5) is 8.87. The van der Waals surface area contributed by atoms with Crippen LogP contribution in [0.15, 0.2) is 218 Å². The standard InChI is InChI=1S/C58H40N6S3/c59-55-53(51-35-33-49(65-51)39-25-29-43(30-26-39)63(41-17-3-1-4-18-41)47-23-11-15-37-13-7-9-21-45(37)47)57-58(62-67-61-57)54(56(55)60)52-36-34-50(66-52)40-27-31-44(32-28-40)64(42-19-5-2-6-20-42)48-24-12-16-38-14-8-10-22-46(38)48/h1-36H,59-60H2. The number of para-hydroxylation sites is 2. The molecule has 320 valence electrons. The molecular formula is C58H40N6S3. The van der Waals surface area contributed by atoms with E-state index in [1.54, 1.807) is 22.7 Å². The molecule has 0 spiro atoms. The van der Waals surface area contributed by atoms with Crippen LogP contribution in [-0.2, 0) is 0 Å². The van der Waals surface area contributed by atoms with Crippen molar-refractivity contribution < 1.29 is 0 Å². The first kappa shape index (κ1) is 40.4. The third-order valence-electron chi connectivity index (χ3n) is 12.4. The molecule has 0 aliphatic heterocycles. The number of nitrogen functional groups attached to an aromatic ring is 2. The number of benzene rings is 9. The molecule has 3 aromatic heterocycles. The average molecular weight is 917 g/mol. The molecule has 12 aromatic rings. The first-order valence-corrected chi connectivity index (χ1v) is 24.3. The second-order valence-corrected chi connectivity index (χ2v) is 19.0. The molecule has 0 unspecified atom stereocenters. The Labute approximate surface area is 400 Å². The molecule has 0 aliphatic carbocycles. The lowest BCUT2D eigenvalue weighted by atomic mass is 10.0. The minimum atomic E-state index is 0.515. The minimum Gasteiger partial charge on any atom is -0.396 e. The van der Waals surface area contributed by atoms with Gasteiger partial charge in [-0.05, 0) is 107 Å². The number of rotatable bonds is 10. The zero-order valence-corrected chi connectivity index (χ0v) is 38.4. The van der Waals surface area contributed by atoms with E-state index < -0.39 is 0 Å². The third-order valence-corrected chi connectivity index (χ3v) is 15.2. The van der Waals surface area contributed by atoms with Crippen LogP contribution in [0.5, 0.6) is 0 Å². The van der Waals surface area contributed by atoms with E-state index in [0.29, 0.717) is 11.4 Å². The topological polar surface area (TPSA) is 84.3 Å². The van der Waals surface area contributed by atoms with Crippen LogP contribution in [0, 0.1) is 0 Å². The number of aromatic nitrogens is 2. The first-order chi connectivity index (χ1) is 33.1. The van der Waals surface area contributed by atoms with Gasteiger partial charge in [0.1, 0.15) is 11.0 Å². The maximum Gasteiger partial charge on any atom is 0.116 e. The Balaban J connectivity index is 0.846. The SMILES string of the molecule is Nc1c(N)c(-c2ccc(-c3ccc(N(c4ccccc4)c4cccc5ccccc45)cc3)s2)c2nsnc2c1-c1ccc(-c2ccc(N(c3ccccc3)c3cccc4ccccc34)cc2)s1. The van der Waals surface area contributed by atoms with E-state index >= 15 is 0 Å². The molecule has 0 aliphatic rings. The van der Waals surface area contributed by atoms with Gasteiger partial charge in [-0.2, -0.15) is 8.75 Å². The van der Waals surface area contributed by atoms with Gasteiger partial charge in [0.25, 0.3) is 0 Å². The number of nitrogens with two attached hydrogens (primary N) is 2. The summed E-state index contributed by atoms with van der Waals surface area (Å²) in [5.41, 5.74) is 27.1. The van der Waals surface area contributed by atoms with Crippen molar-refractivity contribution in [2.75, 3.05) is 21.3 Å². The lowest BCUT2D eigenvalue weighted by Crippen LogP contribution is -2.10. The molecule has 0 bridgehead atoms. The van der Waals surface area contributed by atoms with Gasteiger partial charge in [0.15, 0.2) is 0 Å². The summed E-state index contributed by atoms with van der Waals surface area (Å²) in [5, 5.41) is 4.79. The highest BCUT2D eigenvalue weighted by atomic mass is 32.1. The monoisotopic (exact) mass is 916 g/mol. The second kappa shape index (κ2) is 17.0. The van der Waals surface area contributed by atoms with Crippen molar-refractivity contribution in [1.82, 2.24) is 8.75 Å². The zero-order chi connectivity index (χ0) is 44.8. The van der Waals surface area contributed by atoms with Gasteiger partial charge in [-0.3, -0.25) is 0 Å². The molecule has 67 heavy (non-hydrogen) atoms. The Morgan fingerprint density at radius 1 is 0.328 bits per heavy atom. The highest BCUT2D eigenvalue weighted by Gasteiger charge is 2.24. The molecule has 9 heteroatoms. The van der Waals surface area contributed by atoms with Crippen LogP contribution < -0.4 is 21.3 Å². The lowest BCUT2D eigenvalue weighted by Gasteiger charge is -2.27. The molecular weight excluding hydrogens is 877 g/mol. The van der Waals surface area contributed by atoms with E-state index in [0.717, 1.165) is 86.9 Å². The number of anilines is 8. The molecule has 0 saturated carbocycles. The fourth-order valence-corrected chi connectivity index (χ4v) is 11.9. The van der Waals surface area contributed by atoms with Crippen molar-refractivity contribution in [2.24, 2.45) is 0 Å². The summed E-state index contributed by atoms with van der Waals surface area (Å²) < 4.78 is 9.66. The molecule has 12 rings (SSSR count). The Morgan fingerprint density at radius 3 is 1.12 bits per heavy atom. The number of fused-ring (bicyclic) bond motifs is 3. The van der Waals surface area contributed by atoms with Crippen LogP contribution in [-0.4, -0.2) is 8.75 Å². The van der Waals surface area contributed by atoms with E-state index in [2.05, 4.69) is 228 Å². The fraction of sp³-hybridized carbons (Fsp3) is 0. The summed E-state index contributed by atoms with van der Waals surface area (Å²) in [7, 11) is 0. The van der Waals surface area contributed by atoms with Gasteiger partial charge in [-0.15, -0.1) is 22.7 Å². The number of hydrogen-bond donors (Lipinski definition) is 2. The van der Waals surface area contributed by atoms with Crippen molar-refractivity contribution in [1.29, 1.82) is 0 Å². The van der Waals surface area contributed by atoms with Crippen LogP contribution in [0.3, 0.4) is 0 Å². The number of thiophene rings is 2. The fourth-order valence-electron chi connectivity index (χ4n) is 9.16. The molecule has 0 saturated heterocycles. The van der Waals surface area contributed by atoms with Crippen molar-refractivity contribution in [2.45, 2.75) is 0 Å². The predicted molar refractivity (Wildman–Crippen MR) is 288 cm³/mol. The maximum absolute atomic E-state index is 7.04. The van der Waals surface area contributed by atoms with Gasteiger partial charge in [0.2, 0.25) is 0 Å². The molecule has 0 atom stereocenters. The summed E-state index contributed by atoms with van der Waals surface area (Å²) in [6.07, 6.45) is 0. The summed E-state index contributed by atoms with van der Waals surface area (Å²) >= 11 is 4.54. The molecule has 0 fully saturated rings. The maximum atomic E-state index is 7.04. The Morgan fingerprint density at radius 2 is 0.687 bits per heavy atom. The third kappa shape index (κ3) is 7.26. The first-order valence-electron chi connectivity index (χ1n) is 22.0. The summed E-state index contributed by atoms with van der Waals surface area (Å²) in [6, 6.07) is 77.2. The average Bonchev–Trinajstić information content (AvgIpc) is 4.19. The van der Waals surface area contributed by atoms with E-state index in [-0.39, 0.29) is 0 Å². The van der Waals surface area contributed by atoms with Gasteiger partial charge < -0.3 is 21.3 Å². The molecule has 6 nitrogen and oxygen atoms in total. The van der Waals surface area contributed by atoms with Crippen LogP contribution in [0.4, 0.5) is 45.5 Å². The van der Waals surface area contributed by atoms with Gasteiger partial charge in [0, 0.05) is 64.2 Å². The molecule has 9 aromatic carbocycles. The van der Waals surface area contributed by atoms with Crippen molar-refractivity contribution >= 4 is 112 Å². The summed E-state index contributed by atoms with van der Waals surface area (Å²) in [6.45, 7) is 0. The number of hydrogen-bond acceptors (Lipinski definition) is 9. The Bertz CT molecular complexity index is 3470. The predicted octanol–water partition coefficient (Wildman–Crippen LogP) is 16.9. The largest absolute Gasteiger partial charge is 0.396 e. The minimum absolute atomic E-state index is 0.515. The van der Waals surface area contributed by atoms with Crippen LogP contribution in [0.25, 0.3) is 74.3 Å². The number of nitrogens with zero attached hydrogens (tertiary/aromatic N) is 4. The van der Waals surface area contributed by atoms with E-state index in [4.69, 9.17) is 20.2 Å². The van der Waals surface area contributed by atoms with E-state index in [9.17, 15) is 0 Å².